The van der Waals surface area contributed by atoms with Gasteiger partial charge in [0.1, 0.15) is 4.83 Å². The Labute approximate surface area is 164 Å². The summed E-state index contributed by atoms with van der Waals surface area (Å²) in [5.41, 5.74) is 3.29. The van der Waals surface area contributed by atoms with Gasteiger partial charge in [0.15, 0.2) is 0 Å². The van der Waals surface area contributed by atoms with Crippen LogP contribution < -0.4 is 0 Å². The van der Waals surface area contributed by atoms with E-state index in [1.807, 2.05) is 30.3 Å². The number of nitrogens with zero attached hydrogens (tertiary/aromatic N) is 2. The number of hydrogen-bond acceptors (Lipinski definition) is 4. The molecule has 4 rings (SSSR count). The zero-order chi connectivity index (χ0) is 18.8. The molecule has 1 fully saturated rings. The third kappa shape index (κ3) is 3.86. The summed E-state index contributed by atoms with van der Waals surface area (Å²) >= 11 is 1.61. The first-order chi connectivity index (χ1) is 13.2. The highest BCUT2D eigenvalue weighted by atomic mass is 32.1. The van der Waals surface area contributed by atoms with E-state index in [2.05, 4.69) is 29.4 Å². The molecule has 0 saturated carbocycles. The van der Waals surface area contributed by atoms with Crippen molar-refractivity contribution in [3.8, 4) is 0 Å². The lowest BCUT2D eigenvalue weighted by Crippen LogP contribution is -2.38. The number of carbonyl (C=O) groups is 1. The molecule has 3 aromatic rings. The maximum atomic E-state index is 12.9. The van der Waals surface area contributed by atoms with Crippen LogP contribution in [0.5, 0.6) is 0 Å². The standard InChI is InChI=1S/C22H26N2O2S/c1-3-17-4-6-18(7-5-17)21(25)20-15-19-14-16(2)24(22(19)27-20)9-8-23-10-12-26-13-11-23/h4-7,14-15H,3,8-13H2,1-2H3. The van der Waals surface area contributed by atoms with Crippen molar-refractivity contribution >= 4 is 27.3 Å². The van der Waals surface area contributed by atoms with E-state index in [-0.39, 0.29) is 5.78 Å². The zero-order valence-corrected chi connectivity index (χ0v) is 16.8. The van der Waals surface area contributed by atoms with E-state index >= 15 is 0 Å². The number of hydrogen-bond donors (Lipinski definition) is 0. The highest BCUT2D eigenvalue weighted by molar-refractivity contribution is 7.20. The van der Waals surface area contributed by atoms with Crippen LogP contribution in [0.1, 0.15) is 33.4 Å². The number of benzene rings is 1. The van der Waals surface area contributed by atoms with Gasteiger partial charge in [-0.3, -0.25) is 9.69 Å². The van der Waals surface area contributed by atoms with E-state index in [0.29, 0.717) is 0 Å². The minimum Gasteiger partial charge on any atom is -0.379 e. The van der Waals surface area contributed by atoms with Crippen molar-refractivity contribution in [1.82, 2.24) is 9.47 Å². The Morgan fingerprint density at radius 1 is 1.11 bits per heavy atom. The summed E-state index contributed by atoms with van der Waals surface area (Å²) in [6.45, 7) is 9.92. The van der Waals surface area contributed by atoms with Crippen LogP contribution >= 0.6 is 11.3 Å². The number of morpholine rings is 1. The van der Waals surface area contributed by atoms with E-state index in [4.69, 9.17) is 4.74 Å². The molecule has 1 saturated heterocycles. The minimum atomic E-state index is 0.122. The third-order valence-corrected chi connectivity index (χ3v) is 6.54. The van der Waals surface area contributed by atoms with Crippen molar-refractivity contribution in [1.29, 1.82) is 0 Å². The lowest BCUT2D eigenvalue weighted by Gasteiger charge is -2.26. The SMILES string of the molecule is CCc1ccc(C(=O)c2cc3cc(C)n(CCN4CCOCC4)c3s2)cc1. The number of ketones is 1. The molecule has 1 aliphatic heterocycles. The molecule has 0 unspecified atom stereocenters. The normalized spacial score (nSPS) is 15.5. The molecule has 1 aliphatic rings. The molecule has 5 heteroatoms. The molecule has 142 valence electrons. The average Bonchev–Trinajstić information content (AvgIpc) is 3.24. The number of carbonyl (C=O) groups excluding carboxylic acids is 1. The first-order valence-corrected chi connectivity index (χ1v) is 10.5. The second-order valence-electron chi connectivity index (χ2n) is 7.14. The van der Waals surface area contributed by atoms with Crippen molar-refractivity contribution in [3.63, 3.8) is 0 Å². The summed E-state index contributed by atoms with van der Waals surface area (Å²) in [6.07, 6.45) is 0.990. The molecule has 4 nitrogen and oxygen atoms in total. The summed E-state index contributed by atoms with van der Waals surface area (Å²) < 4.78 is 7.79. The average molecular weight is 383 g/mol. The smallest absolute Gasteiger partial charge is 0.203 e. The van der Waals surface area contributed by atoms with Gasteiger partial charge in [0, 0.05) is 42.8 Å². The number of rotatable bonds is 6. The molecular weight excluding hydrogens is 356 g/mol. The predicted octanol–water partition coefficient (Wildman–Crippen LogP) is 4.14. The Kier molecular flexibility index (Phi) is 5.43. The van der Waals surface area contributed by atoms with Crippen LogP contribution in [0.15, 0.2) is 36.4 Å². The first-order valence-electron chi connectivity index (χ1n) is 9.69. The van der Waals surface area contributed by atoms with E-state index in [9.17, 15) is 4.79 Å². The van der Waals surface area contributed by atoms with Gasteiger partial charge in [-0.25, -0.2) is 0 Å². The van der Waals surface area contributed by atoms with Gasteiger partial charge in [-0.2, -0.15) is 0 Å². The van der Waals surface area contributed by atoms with Gasteiger partial charge in [0.05, 0.1) is 18.1 Å². The maximum absolute atomic E-state index is 12.9. The highest BCUT2D eigenvalue weighted by Crippen LogP contribution is 2.30. The first kappa shape index (κ1) is 18.4. The van der Waals surface area contributed by atoms with Gasteiger partial charge in [0.2, 0.25) is 5.78 Å². The topological polar surface area (TPSA) is 34.5 Å². The Morgan fingerprint density at radius 2 is 1.85 bits per heavy atom. The fourth-order valence-corrected chi connectivity index (χ4v) is 4.85. The molecule has 0 bridgehead atoms. The quantitative estimate of drug-likeness (QED) is 0.601. The van der Waals surface area contributed by atoms with Crippen LogP contribution in [0.25, 0.3) is 10.2 Å². The van der Waals surface area contributed by atoms with Crippen LogP contribution in [-0.4, -0.2) is 48.1 Å². The van der Waals surface area contributed by atoms with Crippen LogP contribution in [0.2, 0.25) is 0 Å². The van der Waals surface area contributed by atoms with Gasteiger partial charge >= 0.3 is 0 Å². The van der Waals surface area contributed by atoms with Crippen LogP contribution in [0.4, 0.5) is 0 Å². The van der Waals surface area contributed by atoms with Crippen LogP contribution in [0, 0.1) is 6.92 Å². The Morgan fingerprint density at radius 3 is 2.56 bits per heavy atom. The van der Waals surface area contributed by atoms with Crippen molar-refractivity contribution in [2.45, 2.75) is 26.8 Å². The van der Waals surface area contributed by atoms with E-state index in [0.717, 1.165) is 56.3 Å². The zero-order valence-electron chi connectivity index (χ0n) is 16.0. The second kappa shape index (κ2) is 7.97. The largest absolute Gasteiger partial charge is 0.379 e. The monoisotopic (exact) mass is 382 g/mol. The molecule has 3 heterocycles. The molecule has 0 N–H and O–H groups in total. The van der Waals surface area contributed by atoms with E-state index in [1.54, 1.807) is 11.3 Å². The summed E-state index contributed by atoms with van der Waals surface area (Å²) in [7, 11) is 0. The molecule has 0 spiro atoms. The summed E-state index contributed by atoms with van der Waals surface area (Å²) in [6, 6.07) is 12.2. The summed E-state index contributed by atoms with van der Waals surface area (Å²) in [5.74, 6) is 0.122. The summed E-state index contributed by atoms with van der Waals surface area (Å²) in [5, 5.41) is 1.17. The lowest BCUT2D eigenvalue weighted by atomic mass is 10.1. The Balaban J connectivity index is 1.54. The minimum absolute atomic E-state index is 0.122. The molecule has 0 aliphatic carbocycles. The maximum Gasteiger partial charge on any atom is 0.203 e. The molecule has 0 atom stereocenters. The molecular formula is C22H26N2O2S. The predicted molar refractivity (Wildman–Crippen MR) is 111 cm³/mol. The molecule has 2 aromatic heterocycles. The van der Waals surface area contributed by atoms with Crippen molar-refractivity contribution in [3.05, 3.63) is 58.1 Å². The molecule has 1 aromatic carbocycles. The molecule has 0 amide bonds. The fourth-order valence-electron chi connectivity index (χ4n) is 3.66. The number of aromatic nitrogens is 1. The number of aryl methyl sites for hydroxylation is 2. The summed E-state index contributed by atoms with van der Waals surface area (Å²) in [4.78, 5) is 17.4. The number of thiophene rings is 1. The van der Waals surface area contributed by atoms with Gasteiger partial charge in [0.25, 0.3) is 0 Å². The van der Waals surface area contributed by atoms with Crippen molar-refractivity contribution in [2.24, 2.45) is 0 Å². The Hall–Kier alpha value is -1.95. The second-order valence-corrected chi connectivity index (χ2v) is 8.17. The third-order valence-electron chi connectivity index (χ3n) is 5.37. The van der Waals surface area contributed by atoms with Gasteiger partial charge in [-0.05, 0) is 31.0 Å². The van der Waals surface area contributed by atoms with E-state index < -0.39 is 0 Å². The molecule has 0 radical (unpaired) electrons. The van der Waals surface area contributed by atoms with Gasteiger partial charge in [-0.1, -0.05) is 31.2 Å². The van der Waals surface area contributed by atoms with Crippen LogP contribution in [-0.2, 0) is 17.7 Å². The van der Waals surface area contributed by atoms with Crippen molar-refractivity contribution < 1.29 is 9.53 Å². The Bertz CT molecular complexity index is 933. The van der Waals surface area contributed by atoms with Crippen LogP contribution in [0.3, 0.4) is 0 Å². The van der Waals surface area contributed by atoms with Gasteiger partial charge < -0.3 is 9.30 Å². The fraction of sp³-hybridized carbons (Fsp3) is 0.409. The lowest BCUT2D eigenvalue weighted by molar-refractivity contribution is 0.0365. The molecule has 27 heavy (non-hydrogen) atoms. The van der Waals surface area contributed by atoms with Gasteiger partial charge in [-0.15, -0.1) is 11.3 Å². The highest BCUT2D eigenvalue weighted by Gasteiger charge is 2.17. The number of fused-ring (bicyclic) bond motifs is 1. The van der Waals surface area contributed by atoms with E-state index in [1.165, 1.54) is 21.5 Å². The number of ether oxygens (including phenoxy) is 1. The van der Waals surface area contributed by atoms with Crippen molar-refractivity contribution in [2.75, 3.05) is 32.8 Å².